The molecule has 0 aliphatic heterocycles. The Morgan fingerprint density at radius 2 is 1.81 bits per heavy atom. The van der Waals surface area contributed by atoms with E-state index in [-0.39, 0.29) is 0 Å². The fourth-order valence-electron chi connectivity index (χ4n) is 1.46. The first-order valence-corrected chi connectivity index (χ1v) is 6.55. The molecule has 82 valence electrons. The minimum Gasteiger partial charge on any atom is -0.230 e. The summed E-state index contributed by atoms with van der Waals surface area (Å²) in [5.41, 5.74) is 3.44. The van der Waals surface area contributed by atoms with E-state index < -0.39 is 0 Å². The molecule has 0 N–H and O–H groups in total. The second kappa shape index (κ2) is 5.06. The maximum Gasteiger partial charge on any atom is 0.196 e. The molecule has 0 atom stereocenters. The van der Waals surface area contributed by atoms with Gasteiger partial charge in [-0.05, 0) is 39.5 Å². The Balaban J connectivity index is 2.44. The van der Waals surface area contributed by atoms with Gasteiger partial charge in [0.05, 0.1) is 0 Å². The first-order valence-electron chi connectivity index (χ1n) is 4.97. The summed E-state index contributed by atoms with van der Waals surface area (Å²) in [6.07, 6.45) is 4.65. The second-order valence-corrected chi connectivity index (χ2v) is 4.97. The van der Waals surface area contributed by atoms with E-state index in [1.807, 2.05) is 12.4 Å². The monoisotopic (exact) mass is 340 g/mol. The molecule has 0 spiro atoms. The van der Waals surface area contributed by atoms with Gasteiger partial charge in [-0.3, -0.25) is 0 Å². The van der Waals surface area contributed by atoms with Crippen LogP contribution in [0.1, 0.15) is 12.5 Å². The molecule has 0 radical (unpaired) electrons. The maximum absolute atomic E-state index is 4.12. The summed E-state index contributed by atoms with van der Waals surface area (Å²) in [6, 6.07) is 6.36. The summed E-state index contributed by atoms with van der Waals surface area (Å²) in [6.45, 7) is 2.14. The van der Waals surface area contributed by atoms with Crippen molar-refractivity contribution < 1.29 is 0 Å². The summed E-state index contributed by atoms with van der Waals surface area (Å²) in [4.78, 5) is 8.25. The third-order valence-corrected chi connectivity index (χ3v) is 3.44. The van der Waals surface area contributed by atoms with Crippen LogP contribution >= 0.6 is 31.9 Å². The summed E-state index contributed by atoms with van der Waals surface area (Å²) >= 11 is 6.80. The van der Waals surface area contributed by atoms with Crippen molar-refractivity contribution in [3.05, 3.63) is 45.4 Å². The average Bonchev–Trinajstić information content (AvgIpc) is 2.30. The van der Waals surface area contributed by atoms with Gasteiger partial charge in [-0.2, -0.15) is 0 Å². The van der Waals surface area contributed by atoms with Gasteiger partial charge in [-0.15, -0.1) is 0 Å². The van der Waals surface area contributed by atoms with Crippen molar-refractivity contribution in [3.63, 3.8) is 0 Å². The quantitative estimate of drug-likeness (QED) is 0.764. The van der Waals surface area contributed by atoms with Crippen molar-refractivity contribution in [2.45, 2.75) is 13.3 Å². The van der Waals surface area contributed by atoms with E-state index >= 15 is 0 Å². The summed E-state index contributed by atoms with van der Waals surface area (Å²) in [5, 5.41) is 0. The molecule has 2 rings (SSSR count). The summed E-state index contributed by atoms with van der Waals surface area (Å²) in [5.74, 6) is 0. The molecule has 0 fully saturated rings. The van der Waals surface area contributed by atoms with Gasteiger partial charge in [0, 0.05) is 22.4 Å². The molecule has 2 nitrogen and oxygen atoms in total. The van der Waals surface area contributed by atoms with Crippen LogP contribution in [0.4, 0.5) is 0 Å². The highest BCUT2D eigenvalue weighted by molar-refractivity contribution is 9.10. The predicted octanol–water partition coefficient (Wildman–Crippen LogP) is 4.23. The lowest BCUT2D eigenvalue weighted by Gasteiger charge is -2.05. The van der Waals surface area contributed by atoms with E-state index in [0.29, 0.717) is 4.73 Å². The van der Waals surface area contributed by atoms with Crippen LogP contribution in [-0.2, 0) is 6.42 Å². The Kier molecular flexibility index (Phi) is 3.71. The van der Waals surface area contributed by atoms with E-state index in [0.717, 1.165) is 22.0 Å². The molecule has 1 heterocycles. The maximum atomic E-state index is 4.12. The molecular weight excluding hydrogens is 332 g/mol. The van der Waals surface area contributed by atoms with Gasteiger partial charge in [-0.25, -0.2) is 9.97 Å². The Hall–Kier alpha value is -0.740. The lowest BCUT2D eigenvalue weighted by Crippen LogP contribution is -1.87. The van der Waals surface area contributed by atoms with E-state index in [1.165, 1.54) is 5.56 Å². The fourth-order valence-corrected chi connectivity index (χ4v) is 2.32. The van der Waals surface area contributed by atoms with Crippen molar-refractivity contribution in [2.75, 3.05) is 0 Å². The largest absolute Gasteiger partial charge is 0.230 e. The van der Waals surface area contributed by atoms with Gasteiger partial charge in [0.2, 0.25) is 0 Å². The standard InChI is InChI=1S/C12H10Br2N2/c1-2-8-3-4-10(11(13)5-8)9-6-15-12(14)16-7-9/h3-7H,2H2,1H3. The van der Waals surface area contributed by atoms with Crippen LogP contribution in [0.2, 0.25) is 0 Å². The predicted molar refractivity (Wildman–Crippen MR) is 72.2 cm³/mol. The molecule has 4 heteroatoms. The lowest BCUT2D eigenvalue weighted by molar-refractivity contribution is 1.11. The number of halogens is 2. The number of hydrogen-bond acceptors (Lipinski definition) is 2. The van der Waals surface area contributed by atoms with Crippen LogP contribution in [0.3, 0.4) is 0 Å². The number of hydrogen-bond donors (Lipinski definition) is 0. The van der Waals surface area contributed by atoms with Crippen LogP contribution in [0, 0.1) is 0 Å². The van der Waals surface area contributed by atoms with Crippen molar-refractivity contribution in [2.24, 2.45) is 0 Å². The number of nitrogens with zero attached hydrogens (tertiary/aromatic N) is 2. The van der Waals surface area contributed by atoms with Gasteiger partial charge < -0.3 is 0 Å². The minimum absolute atomic E-state index is 0.609. The van der Waals surface area contributed by atoms with Gasteiger partial charge in [0.15, 0.2) is 4.73 Å². The Labute approximate surface area is 111 Å². The zero-order valence-electron chi connectivity index (χ0n) is 8.74. The Morgan fingerprint density at radius 1 is 1.12 bits per heavy atom. The Morgan fingerprint density at radius 3 is 2.38 bits per heavy atom. The fraction of sp³-hybridized carbons (Fsp3) is 0.167. The van der Waals surface area contributed by atoms with Crippen LogP contribution in [0.25, 0.3) is 11.1 Å². The van der Waals surface area contributed by atoms with Gasteiger partial charge in [0.1, 0.15) is 0 Å². The van der Waals surface area contributed by atoms with Gasteiger partial charge in [0.25, 0.3) is 0 Å². The Bertz CT molecular complexity index is 495. The number of rotatable bonds is 2. The number of aromatic nitrogens is 2. The van der Waals surface area contributed by atoms with Crippen molar-refractivity contribution in [1.82, 2.24) is 9.97 Å². The molecule has 0 aliphatic carbocycles. The first kappa shape index (κ1) is 11.7. The molecule has 2 aromatic rings. The van der Waals surface area contributed by atoms with Crippen LogP contribution < -0.4 is 0 Å². The van der Waals surface area contributed by atoms with Crippen LogP contribution in [-0.4, -0.2) is 9.97 Å². The second-order valence-electron chi connectivity index (χ2n) is 3.41. The highest BCUT2D eigenvalue weighted by Crippen LogP contribution is 2.28. The topological polar surface area (TPSA) is 25.8 Å². The highest BCUT2D eigenvalue weighted by Gasteiger charge is 2.04. The van der Waals surface area contributed by atoms with Crippen LogP contribution in [0.5, 0.6) is 0 Å². The van der Waals surface area contributed by atoms with Crippen molar-refractivity contribution in [3.8, 4) is 11.1 Å². The zero-order chi connectivity index (χ0) is 11.5. The molecular formula is C12H10Br2N2. The SMILES string of the molecule is CCc1ccc(-c2cnc(Br)nc2)c(Br)c1. The summed E-state index contributed by atoms with van der Waals surface area (Å²) in [7, 11) is 0. The minimum atomic E-state index is 0.609. The summed E-state index contributed by atoms with van der Waals surface area (Å²) < 4.78 is 1.69. The molecule has 0 unspecified atom stereocenters. The smallest absolute Gasteiger partial charge is 0.196 e. The molecule has 1 aromatic heterocycles. The van der Waals surface area contributed by atoms with Gasteiger partial charge >= 0.3 is 0 Å². The van der Waals surface area contributed by atoms with E-state index in [2.05, 4.69) is 67.0 Å². The molecule has 0 saturated carbocycles. The zero-order valence-corrected chi connectivity index (χ0v) is 11.9. The molecule has 0 bridgehead atoms. The number of aryl methyl sites for hydroxylation is 1. The van der Waals surface area contributed by atoms with Crippen molar-refractivity contribution in [1.29, 1.82) is 0 Å². The van der Waals surface area contributed by atoms with E-state index in [9.17, 15) is 0 Å². The van der Waals surface area contributed by atoms with E-state index in [4.69, 9.17) is 0 Å². The van der Waals surface area contributed by atoms with Crippen molar-refractivity contribution >= 4 is 31.9 Å². The third-order valence-electron chi connectivity index (χ3n) is 2.37. The normalized spacial score (nSPS) is 10.4. The van der Waals surface area contributed by atoms with Crippen LogP contribution in [0.15, 0.2) is 39.8 Å². The highest BCUT2D eigenvalue weighted by atomic mass is 79.9. The molecule has 1 aromatic carbocycles. The third kappa shape index (κ3) is 2.50. The molecule has 0 saturated heterocycles. The number of benzene rings is 1. The van der Waals surface area contributed by atoms with Gasteiger partial charge in [-0.1, -0.05) is 35.0 Å². The first-order chi connectivity index (χ1) is 7.70. The molecule has 0 amide bonds. The van der Waals surface area contributed by atoms with E-state index in [1.54, 1.807) is 0 Å². The lowest BCUT2D eigenvalue weighted by atomic mass is 10.1. The molecule has 0 aliphatic rings. The average molecular weight is 342 g/mol. The molecule has 16 heavy (non-hydrogen) atoms.